The monoisotopic (exact) mass is 366 g/mol. The van der Waals surface area contributed by atoms with Crippen molar-refractivity contribution in [3.63, 3.8) is 0 Å². The van der Waals surface area contributed by atoms with Gasteiger partial charge in [0.1, 0.15) is 5.56 Å². The van der Waals surface area contributed by atoms with E-state index in [4.69, 9.17) is 0 Å². The van der Waals surface area contributed by atoms with Crippen LogP contribution in [0.4, 0.5) is 5.69 Å². The Morgan fingerprint density at radius 2 is 1.74 bits per heavy atom. The summed E-state index contributed by atoms with van der Waals surface area (Å²) in [6.45, 7) is 0.892. The van der Waals surface area contributed by atoms with Crippen LogP contribution in [0.5, 0.6) is 0 Å². The molecule has 1 aromatic heterocycles. The Bertz CT molecular complexity index is 1080. The molecule has 8 heteroatoms. The third kappa shape index (κ3) is 2.99. The van der Waals surface area contributed by atoms with Crippen molar-refractivity contribution in [3.05, 3.63) is 74.7 Å². The number of aromatic nitrogens is 2. The quantitative estimate of drug-likeness (QED) is 0.569. The first kappa shape index (κ1) is 17.0. The molecule has 0 spiro atoms. The van der Waals surface area contributed by atoms with Crippen molar-refractivity contribution < 1.29 is 9.72 Å². The highest BCUT2D eigenvalue weighted by Gasteiger charge is 2.29. The summed E-state index contributed by atoms with van der Waals surface area (Å²) in [5.41, 5.74) is 1.41. The minimum absolute atomic E-state index is 0.0107. The van der Waals surface area contributed by atoms with Gasteiger partial charge in [-0.1, -0.05) is 24.3 Å². The van der Waals surface area contributed by atoms with Gasteiger partial charge in [0.2, 0.25) is 0 Å². The van der Waals surface area contributed by atoms with Gasteiger partial charge in [-0.05, 0) is 31.0 Å². The molecule has 1 aliphatic heterocycles. The lowest BCUT2D eigenvalue weighted by atomic mass is 10.0. The molecule has 2 aromatic carbocycles. The number of benzene rings is 2. The second kappa shape index (κ2) is 6.71. The summed E-state index contributed by atoms with van der Waals surface area (Å²) in [5, 5.41) is 11.2. The van der Waals surface area contributed by atoms with Crippen LogP contribution in [0.25, 0.3) is 11.0 Å². The number of hydrogen-bond donors (Lipinski definition) is 1. The van der Waals surface area contributed by atoms with Crippen LogP contribution in [0.3, 0.4) is 0 Å². The molecule has 138 valence electrons. The number of H-pyrrole nitrogens is 1. The van der Waals surface area contributed by atoms with Crippen LogP contribution in [0, 0.1) is 10.1 Å². The number of amides is 1. The fourth-order valence-corrected chi connectivity index (χ4v) is 3.75. The molecule has 2 heterocycles. The number of piperidine rings is 1. The second-order valence-electron chi connectivity index (χ2n) is 6.61. The number of likely N-dealkylation sites (tertiary alicyclic amines) is 1. The molecule has 0 unspecified atom stereocenters. The van der Waals surface area contributed by atoms with Gasteiger partial charge >= 0.3 is 5.69 Å². The highest BCUT2D eigenvalue weighted by atomic mass is 16.6. The van der Waals surface area contributed by atoms with Crippen molar-refractivity contribution in [3.8, 4) is 0 Å². The lowest BCUT2D eigenvalue weighted by Gasteiger charge is -2.32. The smallest absolute Gasteiger partial charge is 0.326 e. The predicted molar refractivity (Wildman–Crippen MR) is 99.8 cm³/mol. The summed E-state index contributed by atoms with van der Waals surface area (Å²) in [6.07, 6.45) is 1.24. The molecule has 0 saturated carbocycles. The van der Waals surface area contributed by atoms with Gasteiger partial charge in [-0.2, -0.15) is 0 Å². The maximum atomic E-state index is 12.7. The number of nitrogens with zero attached hydrogens (tertiary/aromatic N) is 3. The summed E-state index contributed by atoms with van der Waals surface area (Å²) in [4.78, 5) is 40.2. The number of nitrogens with one attached hydrogen (secondary N) is 1. The maximum Gasteiger partial charge on any atom is 0.326 e. The Morgan fingerprint density at radius 3 is 2.48 bits per heavy atom. The topological polar surface area (TPSA) is 101 Å². The van der Waals surface area contributed by atoms with Gasteiger partial charge in [-0.3, -0.25) is 19.5 Å². The number of imidazole rings is 1. The molecule has 1 saturated heterocycles. The van der Waals surface area contributed by atoms with Crippen LogP contribution in [-0.2, 0) is 0 Å². The van der Waals surface area contributed by atoms with Crippen molar-refractivity contribution >= 4 is 22.6 Å². The molecule has 1 N–H and O–H groups in total. The van der Waals surface area contributed by atoms with Gasteiger partial charge in [0.15, 0.2) is 0 Å². The van der Waals surface area contributed by atoms with E-state index in [1.54, 1.807) is 21.6 Å². The summed E-state index contributed by atoms with van der Waals surface area (Å²) < 4.78 is 1.75. The van der Waals surface area contributed by atoms with Crippen LogP contribution in [0.1, 0.15) is 29.2 Å². The first-order chi connectivity index (χ1) is 13.1. The number of nitro groups is 1. The van der Waals surface area contributed by atoms with E-state index in [0.29, 0.717) is 25.9 Å². The highest BCUT2D eigenvalue weighted by Crippen LogP contribution is 2.27. The number of nitro benzene ring substituents is 1. The van der Waals surface area contributed by atoms with E-state index >= 15 is 0 Å². The van der Waals surface area contributed by atoms with E-state index in [2.05, 4.69) is 4.98 Å². The fourth-order valence-electron chi connectivity index (χ4n) is 3.75. The molecule has 8 nitrogen and oxygen atoms in total. The predicted octanol–water partition coefficient (Wildman–Crippen LogP) is 2.72. The van der Waals surface area contributed by atoms with Crippen molar-refractivity contribution in [1.29, 1.82) is 0 Å². The molecule has 0 bridgehead atoms. The average Bonchev–Trinajstić information content (AvgIpc) is 3.03. The summed E-state index contributed by atoms with van der Waals surface area (Å²) in [6, 6.07) is 13.5. The Labute approximate surface area is 154 Å². The van der Waals surface area contributed by atoms with Crippen LogP contribution in [0.15, 0.2) is 53.3 Å². The van der Waals surface area contributed by atoms with Crippen LogP contribution >= 0.6 is 0 Å². The van der Waals surface area contributed by atoms with E-state index in [1.165, 1.54) is 12.1 Å². The van der Waals surface area contributed by atoms with Crippen LogP contribution < -0.4 is 5.69 Å². The number of carbonyl (C=O) groups is 1. The zero-order chi connectivity index (χ0) is 19.0. The molecule has 3 aromatic rings. The molecule has 1 amide bonds. The number of carbonyl (C=O) groups excluding carboxylic acids is 1. The standard InChI is InChI=1S/C19H18N4O4/c24-18(14-5-1-3-7-16(14)23(26)27)21-11-9-13(10-12-21)22-17-8-4-2-6-15(17)20-19(22)25/h1-8,13H,9-12H2,(H,20,25). The number of rotatable bonds is 3. The zero-order valence-electron chi connectivity index (χ0n) is 14.5. The van der Waals surface area contributed by atoms with Gasteiger partial charge in [0.25, 0.3) is 11.6 Å². The van der Waals surface area contributed by atoms with Crippen molar-refractivity contribution in [2.75, 3.05) is 13.1 Å². The fraction of sp³-hybridized carbons (Fsp3) is 0.263. The number of para-hydroxylation sites is 3. The molecule has 0 radical (unpaired) electrons. The Balaban J connectivity index is 1.54. The van der Waals surface area contributed by atoms with Crippen molar-refractivity contribution in [2.45, 2.75) is 18.9 Å². The first-order valence-electron chi connectivity index (χ1n) is 8.78. The van der Waals surface area contributed by atoms with Gasteiger partial charge in [0, 0.05) is 25.2 Å². The summed E-state index contributed by atoms with van der Waals surface area (Å²) in [7, 11) is 0. The van der Waals surface area contributed by atoms with Crippen LogP contribution in [-0.4, -0.2) is 38.4 Å². The Morgan fingerprint density at radius 1 is 1.07 bits per heavy atom. The molecule has 1 fully saturated rings. The zero-order valence-corrected chi connectivity index (χ0v) is 14.5. The lowest BCUT2D eigenvalue weighted by Crippen LogP contribution is -2.40. The SMILES string of the molecule is O=C(c1ccccc1[N+](=O)[O-])N1CCC(n2c(=O)[nH]c3ccccc32)CC1. The van der Waals surface area contributed by atoms with E-state index in [1.807, 2.05) is 24.3 Å². The normalized spacial score (nSPS) is 15.2. The molecule has 0 atom stereocenters. The van der Waals surface area contributed by atoms with Gasteiger partial charge in [0.05, 0.1) is 16.0 Å². The van der Waals surface area contributed by atoms with Gasteiger partial charge < -0.3 is 9.88 Å². The largest absolute Gasteiger partial charge is 0.338 e. The third-order valence-electron chi connectivity index (χ3n) is 5.07. The van der Waals surface area contributed by atoms with Gasteiger partial charge in [-0.15, -0.1) is 0 Å². The highest BCUT2D eigenvalue weighted by molar-refractivity contribution is 5.98. The number of aromatic amines is 1. The summed E-state index contributed by atoms with van der Waals surface area (Å²) >= 11 is 0. The van der Waals surface area contributed by atoms with E-state index < -0.39 is 4.92 Å². The lowest BCUT2D eigenvalue weighted by molar-refractivity contribution is -0.385. The third-order valence-corrected chi connectivity index (χ3v) is 5.07. The number of hydrogen-bond acceptors (Lipinski definition) is 4. The minimum Gasteiger partial charge on any atom is -0.338 e. The Hall–Kier alpha value is -3.42. The van der Waals surface area contributed by atoms with E-state index in [0.717, 1.165) is 11.0 Å². The molecule has 4 rings (SSSR count). The Kier molecular flexibility index (Phi) is 4.23. The van der Waals surface area contributed by atoms with Crippen molar-refractivity contribution in [1.82, 2.24) is 14.5 Å². The average molecular weight is 366 g/mol. The molecule has 1 aliphatic rings. The molecular weight excluding hydrogens is 348 g/mol. The van der Waals surface area contributed by atoms with Crippen molar-refractivity contribution in [2.24, 2.45) is 0 Å². The molecule has 27 heavy (non-hydrogen) atoms. The summed E-state index contributed by atoms with van der Waals surface area (Å²) in [5.74, 6) is -0.341. The van der Waals surface area contributed by atoms with E-state index in [9.17, 15) is 19.7 Å². The minimum atomic E-state index is -0.536. The van der Waals surface area contributed by atoms with E-state index in [-0.39, 0.29) is 28.9 Å². The second-order valence-corrected chi connectivity index (χ2v) is 6.61. The maximum absolute atomic E-state index is 12.7. The molecular formula is C19H18N4O4. The van der Waals surface area contributed by atoms with Crippen LogP contribution in [0.2, 0.25) is 0 Å². The van der Waals surface area contributed by atoms with Gasteiger partial charge in [-0.25, -0.2) is 4.79 Å². The molecule has 0 aliphatic carbocycles. The first-order valence-corrected chi connectivity index (χ1v) is 8.78. The number of fused-ring (bicyclic) bond motifs is 1.